The zero-order valence-corrected chi connectivity index (χ0v) is 22.6. The number of non-ortho nitro benzene ring substituents is 1. The molecule has 3 aliphatic rings. The summed E-state index contributed by atoms with van der Waals surface area (Å²) >= 11 is 7.27. The van der Waals surface area contributed by atoms with Crippen molar-refractivity contribution in [3.8, 4) is 5.75 Å². The number of amides is 3. The van der Waals surface area contributed by atoms with Crippen LogP contribution in [0.1, 0.15) is 27.1 Å². The lowest BCUT2D eigenvalue weighted by Gasteiger charge is -2.30. The van der Waals surface area contributed by atoms with Gasteiger partial charge in [0.15, 0.2) is 5.78 Å². The van der Waals surface area contributed by atoms with Gasteiger partial charge in [0.05, 0.1) is 23.9 Å². The molecule has 2 bridgehead atoms. The highest BCUT2D eigenvalue weighted by molar-refractivity contribution is 9.12. The maximum absolute atomic E-state index is 13.7. The summed E-state index contributed by atoms with van der Waals surface area (Å²) in [6, 6.07) is 11.2. The van der Waals surface area contributed by atoms with E-state index in [1.54, 1.807) is 12.1 Å². The summed E-state index contributed by atoms with van der Waals surface area (Å²) in [4.78, 5) is 64.8. The van der Waals surface area contributed by atoms with E-state index >= 15 is 0 Å². The second-order valence-corrected chi connectivity index (χ2v) is 11.4. The largest absolute Gasteiger partial charge is 0.497 e. The fourth-order valence-electron chi connectivity index (χ4n) is 5.71. The molecule has 3 fully saturated rings. The number of nitro benzene ring substituents is 1. The Balaban J connectivity index is 1.51. The summed E-state index contributed by atoms with van der Waals surface area (Å²) in [6.45, 7) is -0.602. The minimum absolute atomic E-state index is 0.00249. The number of imide groups is 1. The smallest absolute Gasteiger partial charge is 0.273 e. The van der Waals surface area contributed by atoms with Crippen LogP contribution in [0.5, 0.6) is 5.75 Å². The predicted octanol–water partition coefficient (Wildman–Crippen LogP) is 3.62. The summed E-state index contributed by atoms with van der Waals surface area (Å²) in [6.07, 6.45) is 0.704. The molecular weight excluding hydrogens is 614 g/mol. The van der Waals surface area contributed by atoms with E-state index in [2.05, 4.69) is 31.9 Å². The van der Waals surface area contributed by atoms with Crippen molar-refractivity contribution in [2.75, 3.05) is 13.7 Å². The van der Waals surface area contributed by atoms with Crippen molar-refractivity contribution in [2.45, 2.75) is 16.1 Å². The highest BCUT2D eigenvalue weighted by Gasteiger charge is 2.67. The number of carbonyl (C=O) groups is 4. The van der Waals surface area contributed by atoms with Gasteiger partial charge < -0.3 is 4.74 Å². The van der Waals surface area contributed by atoms with Gasteiger partial charge in [-0.3, -0.25) is 29.3 Å². The molecule has 1 aliphatic heterocycles. The molecule has 5 rings (SSSR count). The Morgan fingerprint density at radius 3 is 2.16 bits per heavy atom. The molecule has 1 heterocycles. The van der Waals surface area contributed by atoms with E-state index in [1.165, 1.54) is 37.4 Å². The van der Waals surface area contributed by atoms with Gasteiger partial charge in [0.25, 0.3) is 23.4 Å². The maximum Gasteiger partial charge on any atom is 0.273 e. The molecule has 2 aromatic carbocycles. The van der Waals surface area contributed by atoms with Crippen LogP contribution in [-0.4, -0.2) is 61.8 Å². The second kappa shape index (κ2) is 9.64. The van der Waals surface area contributed by atoms with Gasteiger partial charge in [-0.2, -0.15) is 5.01 Å². The lowest BCUT2D eigenvalue weighted by Crippen LogP contribution is -2.52. The highest BCUT2D eigenvalue weighted by atomic mass is 79.9. The first kappa shape index (κ1) is 25.5. The molecular formula is C25H21Br2N3O7. The van der Waals surface area contributed by atoms with Crippen molar-refractivity contribution in [1.29, 1.82) is 0 Å². The summed E-state index contributed by atoms with van der Waals surface area (Å²) in [5.41, 5.74) is -0.197. The fourth-order valence-corrected chi connectivity index (χ4v) is 7.58. The number of benzene rings is 2. The number of nitrogens with zero attached hydrogens (tertiary/aromatic N) is 3. The lowest BCUT2D eigenvalue weighted by atomic mass is 9.81. The van der Waals surface area contributed by atoms with Crippen molar-refractivity contribution in [3.63, 3.8) is 0 Å². The molecule has 10 nitrogen and oxygen atoms in total. The number of halogens is 2. The van der Waals surface area contributed by atoms with E-state index in [-0.39, 0.29) is 38.3 Å². The van der Waals surface area contributed by atoms with E-state index in [1.807, 2.05) is 0 Å². The quantitative estimate of drug-likeness (QED) is 0.150. The number of ketones is 1. The van der Waals surface area contributed by atoms with E-state index in [0.717, 1.165) is 16.1 Å². The standard InChI is InChI=1S/C25H21Br2N3O7/c1-37-15-7-5-12(6-8-15)18(31)11-28(23(32)13-3-2-4-14(9-13)30(35)36)29-24(33)19-16-10-17(20(19)25(29)34)22(27)21(16)26/h2-9,16-17,19-22H,10-11H2,1H3/t16-,17-,19-,20-,21-,22+/m1/s1. The fraction of sp³-hybridized carbons (Fsp3) is 0.360. The molecule has 0 radical (unpaired) electrons. The third-order valence-corrected chi connectivity index (χ3v) is 10.7. The molecule has 2 aliphatic carbocycles. The average molecular weight is 635 g/mol. The zero-order chi connectivity index (χ0) is 26.6. The molecule has 0 unspecified atom stereocenters. The number of rotatable bonds is 7. The van der Waals surface area contributed by atoms with Crippen molar-refractivity contribution in [3.05, 3.63) is 69.8 Å². The van der Waals surface area contributed by atoms with Crippen molar-refractivity contribution >= 4 is 61.1 Å². The first-order chi connectivity index (χ1) is 17.6. The molecule has 2 aromatic rings. The average Bonchev–Trinajstić information content (AvgIpc) is 3.51. The Morgan fingerprint density at radius 2 is 1.62 bits per heavy atom. The number of methoxy groups -OCH3 is 1. The molecule has 3 amide bonds. The number of alkyl halides is 2. The first-order valence-electron chi connectivity index (χ1n) is 11.5. The molecule has 1 saturated heterocycles. The zero-order valence-electron chi connectivity index (χ0n) is 19.5. The molecule has 0 aromatic heterocycles. The third-order valence-electron chi connectivity index (χ3n) is 7.45. The summed E-state index contributed by atoms with van der Waals surface area (Å²) in [7, 11) is 1.49. The van der Waals surface area contributed by atoms with Crippen LogP contribution in [0.25, 0.3) is 0 Å². The Labute approximate surface area is 228 Å². The number of carbonyl (C=O) groups excluding carboxylic acids is 4. The van der Waals surface area contributed by atoms with Crippen molar-refractivity contribution in [1.82, 2.24) is 10.0 Å². The van der Waals surface area contributed by atoms with Gasteiger partial charge in [0.2, 0.25) is 0 Å². The number of fused-ring (bicyclic) bond motifs is 5. The summed E-state index contributed by atoms with van der Waals surface area (Å²) in [5.74, 6) is -3.30. The molecule has 37 heavy (non-hydrogen) atoms. The molecule has 12 heteroatoms. The van der Waals surface area contributed by atoms with Crippen LogP contribution in [0.3, 0.4) is 0 Å². The van der Waals surface area contributed by atoms with Gasteiger partial charge in [-0.1, -0.05) is 37.9 Å². The third kappa shape index (κ3) is 4.15. The topological polar surface area (TPSA) is 127 Å². The Morgan fingerprint density at radius 1 is 1.03 bits per heavy atom. The van der Waals surface area contributed by atoms with E-state index < -0.39 is 46.8 Å². The monoisotopic (exact) mass is 633 g/mol. The van der Waals surface area contributed by atoms with Crippen molar-refractivity contribution in [2.24, 2.45) is 23.7 Å². The summed E-state index contributed by atoms with van der Waals surface area (Å²) < 4.78 is 5.12. The molecule has 0 spiro atoms. The van der Waals surface area contributed by atoms with Crippen LogP contribution >= 0.6 is 31.9 Å². The van der Waals surface area contributed by atoms with Gasteiger partial charge in [0.1, 0.15) is 12.3 Å². The Kier molecular flexibility index (Phi) is 6.65. The van der Waals surface area contributed by atoms with Crippen LogP contribution in [0.2, 0.25) is 0 Å². The predicted molar refractivity (Wildman–Crippen MR) is 137 cm³/mol. The maximum atomic E-state index is 13.7. The number of Topliss-reactive ketones (excluding diaryl/α,β-unsaturated/α-hetero) is 1. The van der Waals surface area contributed by atoms with Crippen molar-refractivity contribution < 1.29 is 28.8 Å². The van der Waals surface area contributed by atoms with E-state index in [0.29, 0.717) is 12.2 Å². The second-order valence-electron chi connectivity index (χ2n) is 9.31. The SMILES string of the molecule is COc1ccc(C(=O)CN(C(=O)c2cccc([N+](=O)[O-])c2)N2C(=O)[C@@H]3[C@H]4C[C@@H]([C@@H](Br)[C@H]4Br)[C@H]3C2=O)cc1. The van der Waals surface area contributed by atoms with Crippen LogP contribution in [0, 0.1) is 33.8 Å². The minimum Gasteiger partial charge on any atom is -0.497 e. The van der Waals surface area contributed by atoms with Gasteiger partial charge in [-0.05, 0) is 48.6 Å². The van der Waals surface area contributed by atoms with Gasteiger partial charge in [-0.15, -0.1) is 0 Å². The first-order valence-corrected chi connectivity index (χ1v) is 13.4. The van der Waals surface area contributed by atoms with E-state index in [9.17, 15) is 29.3 Å². The van der Waals surface area contributed by atoms with Crippen LogP contribution in [0.15, 0.2) is 48.5 Å². The van der Waals surface area contributed by atoms with Crippen LogP contribution in [0.4, 0.5) is 5.69 Å². The Hall–Kier alpha value is -3.12. The summed E-state index contributed by atoms with van der Waals surface area (Å²) in [5, 5.41) is 12.9. The van der Waals surface area contributed by atoms with Gasteiger partial charge >= 0.3 is 0 Å². The number of hydrazine groups is 1. The number of hydrogen-bond acceptors (Lipinski definition) is 7. The molecule has 2 saturated carbocycles. The Bertz CT molecular complexity index is 1290. The number of nitro groups is 1. The normalized spacial score (nSPS) is 27.8. The van der Waals surface area contributed by atoms with Gasteiger partial charge in [0, 0.05) is 32.9 Å². The number of ether oxygens (including phenoxy) is 1. The highest BCUT2D eigenvalue weighted by Crippen LogP contribution is 2.60. The van der Waals surface area contributed by atoms with Crippen LogP contribution in [-0.2, 0) is 9.59 Å². The lowest BCUT2D eigenvalue weighted by molar-refractivity contribution is -0.384. The molecule has 6 atom stereocenters. The van der Waals surface area contributed by atoms with E-state index in [4.69, 9.17) is 4.74 Å². The number of hydrogen-bond donors (Lipinski definition) is 0. The minimum atomic E-state index is -0.856. The van der Waals surface area contributed by atoms with Crippen LogP contribution < -0.4 is 4.74 Å². The molecule has 0 N–H and O–H groups in total. The molecule has 192 valence electrons. The van der Waals surface area contributed by atoms with Gasteiger partial charge in [-0.25, -0.2) is 5.01 Å².